The molecule has 2 aromatic rings. The molecule has 3 heterocycles. The first-order valence-corrected chi connectivity index (χ1v) is 10.8. The molecule has 1 aromatic heterocycles. The molecule has 152 valence electrons. The average Bonchev–Trinajstić information content (AvgIpc) is 3.10. The molecule has 2 N–H and O–H groups in total. The van der Waals surface area contributed by atoms with E-state index in [0.717, 1.165) is 19.8 Å². The summed E-state index contributed by atoms with van der Waals surface area (Å²) >= 11 is 5.01. The average molecular weight is 479 g/mol. The molecule has 9 heteroatoms. The molecule has 0 fully saturated rings. The van der Waals surface area contributed by atoms with Gasteiger partial charge in [-0.05, 0) is 58.3 Å². The van der Waals surface area contributed by atoms with E-state index in [1.165, 1.54) is 12.1 Å². The molecule has 0 spiro atoms. The molecule has 0 saturated carbocycles. The van der Waals surface area contributed by atoms with Crippen molar-refractivity contribution in [1.82, 2.24) is 15.1 Å². The normalized spacial score (nSPS) is 22.9. The zero-order chi connectivity index (χ0) is 20.5. The van der Waals surface area contributed by atoms with Gasteiger partial charge >= 0.3 is 6.03 Å². The third kappa shape index (κ3) is 4.42. The van der Waals surface area contributed by atoms with Crippen molar-refractivity contribution in [3.05, 3.63) is 62.5 Å². The second kappa shape index (κ2) is 8.35. The number of aliphatic hydroxyl groups excluding tert-OH is 1. The number of aliphatic imine (C=N–C) groups is 1. The van der Waals surface area contributed by atoms with Crippen LogP contribution in [-0.4, -0.2) is 52.3 Å². The topological polar surface area (TPSA) is 68.2 Å². The number of rotatable bonds is 4. The van der Waals surface area contributed by atoms with Crippen LogP contribution < -0.4 is 5.32 Å². The number of benzene rings is 1. The van der Waals surface area contributed by atoms with Crippen LogP contribution in [0.4, 0.5) is 9.18 Å². The third-order valence-electron chi connectivity index (χ3n) is 4.98. The molecule has 0 aliphatic carbocycles. The lowest BCUT2D eigenvalue weighted by Crippen LogP contribution is -2.58. The molecule has 2 aliphatic heterocycles. The highest BCUT2D eigenvalue weighted by Crippen LogP contribution is 2.26. The molecular weight excluding hydrogens is 459 g/mol. The minimum absolute atomic E-state index is 0.213. The van der Waals surface area contributed by atoms with Crippen LogP contribution in [0.15, 0.2) is 51.3 Å². The van der Waals surface area contributed by atoms with Crippen molar-refractivity contribution in [2.75, 3.05) is 13.1 Å². The number of carbonyl (C=O) groups excluding carboxylic acids is 1. The molecule has 4 rings (SSSR count). The molecule has 2 aliphatic rings. The van der Waals surface area contributed by atoms with E-state index in [9.17, 15) is 14.3 Å². The van der Waals surface area contributed by atoms with Gasteiger partial charge < -0.3 is 10.4 Å². The van der Waals surface area contributed by atoms with E-state index >= 15 is 0 Å². The van der Waals surface area contributed by atoms with Gasteiger partial charge in [0.05, 0.1) is 16.4 Å². The van der Waals surface area contributed by atoms with E-state index in [1.807, 2.05) is 30.0 Å². The van der Waals surface area contributed by atoms with E-state index in [4.69, 9.17) is 0 Å². The standard InChI is InChI=1S/C20H20BrFN4O2S/c1-12-23-19(24-20(28)26(12)10-15-6-7-18(21)29-15)25-9-8-16(17(27)11-25)13-2-4-14(22)5-3-13/h2-8,17,19,27H,9-11H2,1H3,(H,24,28)/t17-,19?/m0/s1. The smallest absolute Gasteiger partial charge is 0.325 e. The fourth-order valence-electron chi connectivity index (χ4n) is 3.46. The minimum atomic E-state index is -0.747. The first-order chi connectivity index (χ1) is 13.9. The van der Waals surface area contributed by atoms with Gasteiger partial charge in [0.2, 0.25) is 0 Å². The molecule has 1 aromatic carbocycles. The summed E-state index contributed by atoms with van der Waals surface area (Å²) in [6.45, 7) is 3.11. The number of thiophene rings is 1. The number of hydrogen-bond acceptors (Lipinski definition) is 5. The maximum absolute atomic E-state index is 13.1. The fourth-order valence-corrected chi connectivity index (χ4v) is 4.94. The number of urea groups is 1. The summed E-state index contributed by atoms with van der Waals surface area (Å²) < 4.78 is 14.2. The van der Waals surface area contributed by atoms with Crippen molar-refractivity contribution in [1.29, 1.82) is 0 Å². The molecule has 1 unspecified atom stereocenters. The number of amides is 2. The summed E-state index contributed by atoms with van der Waals surface area (Å²) in [5.74, 6) is 0.321. The van der Waals surface area contributed by atoms with Crippen molar-refractivity contribution >= 4 is 44.7 Å². The number of halogens is 2. The number of hydrogen-bond donors (Lipinski definition) is 2. The van der Waals surface area contributed by atoms with Gasteiger partial charge in [0.15, 0.2) is 6.29 Å². The highest BCUT2D eigenvalue weighted by molar-refractivity contribution is 9.11. The molecule has 6 nitrogen and oxygen atoms in total. The molecule has 29 heavy (non-hydrogen) atoms. The van der Waals surface area contributed by atoms with Gasteiger partial charge in [-0.3, -0.25) is 9.80 Å². The van der Waals surface area contributed by atoms with Crippen LogP contribution in [0.5, 0.6) is 0 Å². The Labute approximate surface area is 180 Å². The number of amidine groups is 1. The minimum Gasteiger partial charge on any atom is -0.387 e. The van der Waals surface area contributed by atoms with Crippen LogP contribution in [0.1, 0.15) is 17.4 Å². The van der Waals surface area contributed by atoms with Crippen LogP contribution in [0.3, 0.4) is 0 Å². The zero-order valence-electron chi connectivity index (χ0n) is 15.7. The quantitative estimate of drug-likeness (QED) is 0.704. The molecule has 2 atom stereocenters. The largest absolute Gasteiger partial charge is 0.387 e. The summed E-state index contributed by atoms with van der Waals surface area (Å²) in [6, 6.07) is 9.80. The maximum atomic E-state index is 13.1. The predicted molar refractivity (Wildman–Crippen MR) is 115 cm³/mol. The van der Waals surface area contributed by atoms with Crippen LogP contribution in [0, 0.1) is 5.82 Å². The monoisotopic (exact) mass is 478 g/mol. The SMILES string of the molecule is CC1=NC(N2CC=C(c3ccc(F)cc3)[C@@H](O)C2)NC(=O)N1Cc1ccc(Br)s1. The summed E-state index contributed by atoms with van der Waals surface area (Å²) in [5.41, 5.74) is 1.55. The Morgan fingerprint density at radius 1 is 1.31 bits per heavy atom. The maximum Gasteiger partial charge on any atom is 0.325 e. The van der Waals surface area contributed by atoms with E-state index in [0.29, 0.717) is 25.5 Å². The van der Waals surface area contributed by atoms with Crippen molar-refractivity contribution in [3.63, 3.8) is 0 Å². The second-order valence-corrected chi connectivity index (χ2v) is 9.48. The Balaban J connectivity index is 1.47. The molecule has 0 bridgehead atoms. The van der Waals surface area contributed by atoms with Crippen LogP contribution >= 0.6 is 27.3 Å². The third-order valence-corrected chi connectivity index (χ3v) is 6.58. The Bertz CT molecular complexity index is 975. The van der Waals surface area contributed by atoms with Crippen molar-refractivity contribution in [2.45, 2.75) is 25.9 Å². The second-order valence-electron chi connectivity index (χ2n) is 6.93. The van der Waals surface area contributed by atoms with E-state index in [1.54, 1.807) is 28.4 Å². The highest BCUT2D eigenvalue weighted by Gasteiger charge is 2.32. The van der Waals surface area contributed by atoms with Gasteiger partial charge in [0.1, 0.15) is 11.7 Å². The molecular formula is C20H20BrFN4O2S. The Morgan fingerprint density at radius 3 is 2.69 bits per heavy atom. The van der Waals surface area contributed by atoms with Crippen LogP contribution in [0.2, 0.25) is 0 Å². The lowest BCUT2D eigenvalue weighted by molar-refractivity contribution is 0.103. The fraction of sp³-hybridized carbons (Fsp3) is 0.300. The Morgan fingerprint density at radius 2 is 2.07 bits per heavy atom. The van der Waals surface area contributed by atoms with E-state index in [-0.39, 0.29) is 11.8 Å². The summed E-state index contributed by atoms with van der Waals surface area (Å²) in [5, 5.41) is 13.5. The van der Waals surface area contributed by atoms with Crippen molar-refractivity contribution in [3.8, 4) is 0 Å². The van der Waals surface area contributed by atoms with Gasteiger partial charge in [-0.25, -0.2) is 14.2 Å². The van der Waals surface area contributed by atoms with Gasteiger partial charge in [-0.2, -0.15) is 0 Å². The van der Waals surface area contributed by atoms with E-state index < -0.39 is 12.4 Å². The van der Waals surface area contributed by atoms with Gasteiger partial charge in [0, 0.05) is 18.0 Å². The highest BCUT2D eigenvalue weighted by atomic mass is 79.9. The first-order valence-electron chi connectivity index (χ1n) is 9.15. The van der Waals surface area contributed by atoms with Crippen molar-refractivity contribution in [2.24, 2.45) is 4.99 Å². The lowest BCUT2D eigenvalue weighted by Gasteiger charge is -2.38. The van der Waals surface area contributed by atoms with Crippen LogP contribution in [0.25, 0.3) is 5.57 Å². The first kappa shape index (κ1) is 20.2. The number of nitrogens with one attached hydrogen (secondary N) is 1. The molecule has 0 radical (unpaired) electrons. The number of aliphatic hydroxyl groups is 1. The number of nitrogens with zero attached hydrogens (tertiary/aromatic N) is 3. The van der Waals surface area contributed by atoms with Gasteiger partial charge in [0.25, 0.3) is 0 Å². The summed E-state index contributed by atoms with van der Waals surface area (Å²) in [6.07, 6.45) is 0.617. The van der Waals surface area contributed by atoms with Crippen LogP contribution in [-0.2, 0) is 6.54 Å². The summed E-state index contributed by atoms with van der Waals surface area (Å²) in [7, 11) is 0. The summed E-state index contributed by atoms with van der Waals surface area (Å²) in [4.78, 5) is 21.8. The van der Waals surface area contributed by atoms with E-state index in [2.05, 4.69) is 26.2 Å². The Hall–Kier alpha value is -2.07. The lowest BCUT2D eigenvalue weighted by atomic mass is 9.97. The Kier molecular flexibility index (Phi) is 5.82. The van der Waals surface area contributed by atoms with Crippen molar-refractivity contribution < 1.29 is 14.3 Å². The molecule has 2 amide bonds. The van der Waals surface area contributed by atoms with Gasteiger partial charge in [-0.15, -0.1) is 11.3 Å². The molecule has 0 saturated heterocycles. The predicted octanol–water partition coefficient (Wildman–Crippen LogP) is 3.64. The number of β-amino-alcohol motifs (C(OH)–C–C–N with tert-alkyl or cyclic N) is 1. The van der Waals surface area contributed by atoms with Gasteiger partial charge in [-0.1, -0.05) is 18.2 Å². The number of carbonyl (C=O) groups is 1. The zero-order valence-corrected chi connectivity index (χ0v) is 18.1.